The lowest BCUT2D eigenvalue weighted by atomic mass is 10.1. The van der Waals surface area contributed by atoms with Crippen molar-refractivity contribution in [2.45, 2.75) is 206 Å². The maximum absolute atomic E-state index is 12.7. The van der Waals surface area contributed by atoms with Crippen LogP contribution in [-0.2, 0) is 27.9 Å². The number of rotatable bonds is 46. The van der Waals surface area contributed by atoms with Gasteiger partial charge in [0.15, 0.2) is 0 Å². The van der Waals surface area contributed by atoms with Gasteiger partial charge in [0.25, 0.3) is 0 Å². The van der Waals surface area contributed by atoms with Crippen molar-refractivity contribution in [2.24, 2.45) is 0 Å². The van der Waals surface area contributed by atoms with Gasteiger partial charge in [-0.15, -0.1) is 0 Å². The third kappa shape index (κ3) is 49.0. The van der Waals surface area contributed by atoms with Crippen molar-refractivity contribution in [1.82, 2.24) is 0 Å². The van der Waals surface area contributed by atoms with Crippen LogP contribution in [0.25, 0.3) is 0 Å². The summed E-state index contributed by atoms with van der Waals surface area (Å²) in [5.41, 5.74) is 0. The van der Waals surface area contributed by atoms with Gasteiger partial charge in [-0.1, -0.05) is 183 Å². The first-order valence-electron chi connectivity index (χ1n) is 25.2. The first-order valence-corrected chi connectivity index (χ1v) is 26.7. The molecule has 0 spiro atoms. The van der Waals surface area contributed by atoms with Gasteiger partial charge in [-0.2, -0.15) is 0 Å². The molecule has 0 radical (unpaired) electrons. The molecule has 0 aromatic carbocycles. The van der Waals surface area contributed by atoms with Crippen molar-refractivity contribution in [3.05, 3.63) is 72.9 Å². The summed E-state index contributed by atoms with van der Waals surface area (Å²) in [7, 11) is 1.65. The summed E-state index contributed by atoms with van der Waals surface area (Å²) in [5.74, 6) is -0.330. The summed E-state index contributed by atoms with van der Waals surface area (Å²) in [4.78, 5) is 23.0. The molecule has 0 saturated carbocycles. The lowest BCUT2D eigenvalue weighted by Crippen LogP contribution is -2.37. The van der Waals surface area contributed by atoms with Crippen LogP contribution in [0.4, 0.5) is 0 Å². The number of esters is 1. The lowest BCUT2D eigenvalue weighted by Gasteiger charge is -2.24. The maximum atomic E-state index is 12.7. The molecule has 62 heavy (non-hydrogen) atoms. The number of phosphoric ester groups is 1. The van der Waals surface area contributed by atoms with Crippen LogP contribution in [0.3, 0.4) is 0 Å². The zero-order valence-corrected chi connectivity index (χ0v) is 41.7. The summed E-state index contributed by atoms with van der Waals surface area (Å²) in [6.45, 7) is 5.47. The predicted octanol–water partition coefficient (Wildman–Crippen LogP) is 15.4. The Balaban J connectivity index is 4.16. The van der Waals surface area contributed by atoms with E-state index in [0.29, 0.717) is 24.1 Å². The standard InChI is InChI=1S/C53H96NO7P/c1-6-8-10-12-14-16-18-20-22-24-25-26-27-28-29-30-31-33-35-37-39-41-43-45-48-58-50-52(51-60-62(56,57)59-49-47-54(3,4)5)61-53(55)46-44-42-40-38-36-34-32-23-21-19-17-15-13-11-9-7-2/h8,10,14,16-17,19-20,22-23,25-26,32,52H,6-7,9,11-13,15,18,21,24,27-31,33-51H2,1-5H3/p+1/b10-8-,16-14-,19-17-,22-20-,26-25-,32-23-. The minimum Gasteiger partial charge on any atom is -0.457 e. The molecule has 9 heteroatoms. The van der Waals surface area contributed by atoms with Crippen LogP contribution >= 0.6 is 7.82 Å². The number of ether oxygens (including phenoxy) is 2. The summed E-state index contributed by atoms with van der Waals surface area (Å²) >= 11 is 0. The van der Waals surface area contributed by atoms with Gasteiger partial charge in [0.1, 0.15) is 19.3 Å². The monoisotopic (exact) mass is 891 g/mol. The molecule has 2 unspecified atom stereocenters. The topological polar surface area (TPSA) is 91.3 Å². The van der Waals surface area contributed by atoms with E-state index in [-0.39, 0.29) is 25.8 Å². The SMILES string of the molecule is CC/C=C\C/C=C\C/C=C\C/C=C\CCCCCCCCCCCCCOCC(COP(=O)(O)OCC[N+](C)(C)C)OC(=O)CCCCCCC/C=C\C/C=C\CCCCCC. The Morgan fingerprint density at radius 2 is 0.935 bits per heavy atom. The Morgan fingerprint density at radius 3 is 1.40 bits per heavy atom. The Morgan fingerprint density at radius 1 is 0.516 bits per heavy atom. The second kappa shape index (κ2) is 45.5. The third-order valence-electron chi connectivity index (χ3n) is 10.5. The Kier molecular flexibility index (Phi) is 44.0. The average molecular weight is 891 g/mol. The van der Waals surface area contributed by atoms with E-state index in [0.717, 1.165) is 83.5 Å². The molecule has 0 amide bonds. The van der Waals surface area contributed by atoms with E-state index in [9.17, 15) is 14.3 Å². The number of carbonyl (C=O) groups is 1. The van der Waals surface area contributed by atoms with Crippen LogP contribution in [-0.4, -0.2) is 75.6 Å². The highest BCUT2D eigenvalue weighted by molar-refractivity contribution is 7.47. The van der Waals surface area contributed by atoms with Crippen molar-refractivity contribution < 1.29 is 37.3 Å². The molecule has 0 aliphatic rings. The molecule has 0 heterocycles. The fraction of sp³-hybridized carbons (Fsp3) is 0.755. The predicted molar refractivity (Wildman–Crippen MR) is 265 cm³/mol. The van der Waals surface area contributed by atoms with Crippen LogP contribution < -0.4 is 0 Å². The highest BCUT2D eigenvalue weighted by Gasteiger charge is 2.26. The van der Waals surface area contributed by atoms with Crippen molar-refractivity contribution >= 4 is 13.8 Å². The molecule has 0 aromatic heterocycles. The van der Waals surface area contributed by atoms with Crippen molar-refractivity contribution in [2.75, 3.05) is 54.1 Å². The molecule has 0 aliphatic heterocycles. The number of quaternary nitrogens is 1. The van der Waals surface area contributed by atoms with Crippen LogP contribution in [0.2, 0.25) is 0 Å². The first kappa shape index (κ1) is 59.9. The zero-order valence-electron chi connectivity index (χ0n) is 40.8. The number of hydrogen-bond acceptors (Lipinski definition) is 6. The van der Waals surface area contributed by atoms with Crippen LogP contribution in [0, 0.1) is 0 Å². The maximum Gasteiger partial charge on any atom is 0.472 e. The fourth-order valence-electron chi connectivity index (χ4n) is 6.63. The zero-order chi connectivity index (χ0) is 45.5. The quantitative estimate of drug-likeness (QED) is 0.0214. The molecule has 360 valence electrons. The lowest BCUT2D eigenvalue weighted by molar-refractivity contribution is -0.870. The van der Waals surface area contributed by atoms with Crippen LogP contribution in [0.5, 0.6) is 0 Å². The van der Waals surface area contributed by atoms with Crippen LogP contribution in [0.15, 0.2) is 72.9 Å². The van der Waals surface area contributed by atoms with Gasteiger partial charge in [-0.25, -0.2) is 4.57 Å². The van der Waals surface area contributed by atoms with Crippen LogP contribution in [0.1, 0.15) is 200 Å². The minimum absolute atomic E-state index is 0.0822. The Hall–Kier alpha value is -2.06. The molecule has 8 nitrogen and oxygen atoms in total. The van der Waals surface area contributed by atoms with Gasteiger partial charge in [-0.3, -0.25) is 13.8 Å². The fourth-order valence-corrected chi connectivity index (χ4v) is 7.37. The number of nitrogens with zero attached hydrogens (tertiary/aromatic N) is 1. The number of allylic oxidation sites excluding steroid dienone is 12. The van der Waals surface area contributed by atoms with Gasteiger partial charge in [0.05, 0.1) is 34.4 Å². The molecule has 0 aliphatic carbocycles. The number of phosphoric acid groups is 1. The highest BCUT2D eigenvalue weighted by Crippen LogP contribution is 2.43. The molecule has 0 aromatic rings. The van der Waals surface area contributed by atoms with E-state index in [4.69, 9.17) is 18.5 Å². The summed E-state index contributed by atoms with van der Waals surface area (Å²) < 4.78 is 35.1. The van der Waals surface area contributed by atoms with Crippen molar-refractivity contribution in [3.8, 4) is 0 Å². The van der Waals surface area contributed by atoms with Crippen molar-refractivity contribution in [3.63, 3.8) is 0 Å². The minimum atomic E-state index is -4.29. The third-order valence-corrected chi connectivity index (χ3v) is 11.5. The number of carbonyl (C=O) groups excluding carboxylic acids is 1. The molecule has 0 saturated heterocycles. The molecule has 1 N–H and O–H groups in total. The largest absolute Gasteiger partial charge is 0.472 e. The van der Waals surface area contributed by atoms with E-state index < -0.39 is 13.9 Å². The molecule has 0 rings (SSSR count). The summed E-state index contributed by atoms with van der Waals surface area (Å²) in [6.07, 6.45) is 59.4. The summed E-state index contributed by atoms with van der Waals surface area (Å²) in [5, 5.41) is 0. The van der Waals surface area contributed by atoms with E-state index in [1.54, 1.807) is 0 Å². The van der Waals surface area contributed by atoms with E-state index in [1.807, 2.05) is 21.1 Å². The number of likely N-dealkylation sites (N-methyl/N-ethyl adjacent to an activating group) is 1. The summed E-state index contributed by atoms with van der Waals surface area (Å²) in [6, 6.07) is 0. The first-order chi connectivity index (χ1) is 30.1. The normalized spacial score (nSPS) is 14.2. The second-order valence-corrected chi connectivity index (χ2v) is 19.3. The van der Waals surface area contributed by atoms with Gasteiger partial charge in [0, 0.05) is 13.0 Å². The number of unbranched alkanes of at least 4 members (excludes halogenated alkanes) is 20. The Labute approximate surface area is 383 Å². The smallest absolute Gasteiger partial charge is 0.457 e. The number of hydrogen-bond donors (Lipinski definition) is 1. The molecular formula is C53H97NO7P+. The molecule has 2 atom stereocenters. The average Bonchev–Trinajstić information content (AvgIpc) is 3.23. The molecular weight excluding hydrogens is 794 g/mol. The highest BCUT2D eigenvalue weighted by atomic mass is 31.2. The van der Waals surface area contributed by atoms with E-state index >= 15 is 0 Å². The second-order valence-electron chi connectivity index (χ2n) is 17.8. The molecule has 0 fully saturated rings. The van der Waals surface area contributed by atoms with Gasteiger partial charge < -0.3 is 18.9 Å². The van der Waals surface area contributed by atoms with Gasteiger partial charge in [-0.05, 0) is 83.5 Å². The van der Waals surface area contributed by atoms with Gasteiger partial charge >= 0.3 is 13.8 Å². The molecule has 0 bridgehead atoms. The Bertz CT molecular complexity index is 1220. The van der Waals surface area contributed by atoms with Gasteiger partial charge in [0.2, 0.25) is 0 Å². The van der Waals surface area contributed by atoms with Crippen molar-refractivity contribution in [1.29, 1.82) is 0 Å². The van der Waals surface area contributed by atoms with E-state index in [1.165, 1.54) is 96.3 Å². The van der Waals surface area contributed by atoms with E-state index in [2.05, 4.69) is 86.8 Å².